The van der Waals surface area contributed by atoms with Crippen molar-refractivity contribution in [1.82, 2.24) is 9.55 Å². The van der Waals surface area contributed by atoms with Gasteiger partial charge in [0.25, 0.3) is 0 Å². The molecule has 0 atom stereocenters. The molecular formula is C14H17N3O3. The first kappa shape index (κ1) is 14.0. The molecule has 1 aromatic heterocycles. The van der Waals surface area contributed by atoms with Crippen LogP contribution in [0.2, 0.25) is 0 Å². The number of nitrogens with zero attached hydrogens (tertiary/aromatic N) is 3. The van der Waals surface area contributed by atoms with E-state index in [2.05, 4.69) is 4.98 Å². The summed E-state index contributed by atoms with van der Waals surface area (Å²) in [6, 6.07) is 4.90. The molecule has 0 aliphatic heterocycles. The molecule has 0 bridgehead atoms. The first-order chi connectivity index (χ1) is 9.66. The molecule has 0 spiro atoms. The van der Waals surface area contributed by atoms with Crippen LogP contribution < -0.4 is 4.74 Å². The van der Waals surface area contributed by atoms with Gasteiger partial charge in [0.05, 0.1) is 17.9 Å². The van der Waals surface area contributed by atoms with Crippen LogP contribution in [0, 0.1) is 17.0 Å². The van der Waals surface area contributed by atoms with Gasteiger partial charge in [0.1, 0.15) is 0 Å². The first-order valence-electron chi connectivity index (χ1n) is 6.50. The number of hydrogen-bond donors (Lipinski definition) is 0. The van der Waals surface area contributed by atoms with Gasteiger partial charge in [0.15, 0.2) is 5.75 Å². The standard InChI is InChI=1S/C14H17N3O3/c1-12-4-5-13(17(18)19)14(10-12)20-9-3-2-7-16-8-6-15-11-16/h4-6,8,10-11H,2-3,7,9H2,1H3. The molecule has 6 nitrogen and oxygen atoms in total. The molecule has 2 aromatic rings. The van der Waals surface area contributed by atoms with Crippen molar-refractivity contribution < 1.29 is 9.66 Å². The zero-order chi connectivity index (χ0) is 14.4. The maximum Gasteiger partial charge on any atom is 0.310 e. The summed E-state index contributed by atoms with van der Waals surface area (Å²) < 4.78 is 7.53. The summed E-state index contributed by atoms with van der Waals surface area (Å²) in [5.41, 5.74) is 0.967. The summed E-state index contributed by atoms with van der Waals surface area (Å²) in [4.78, 5) is 14.4. The molecule has 20 heavy (non-hydrogen) atoms. The average Bonchev–Trinajstić information content (AvgIpc) is 2.91. The number of imidazole rings is 1. The molecule has 1 aromatic carbocycles. The van der Waals surface area contributed by atoms with Crippen molar-refractivity contribution in [2.75, 3.05) is 6.61 Å². The van der Waals surface area contributed by atoms with Gasteiger partial charge in [0.2, 0.25) is 0 Å². The first-order valence-corrected chi connectivity index (χ1v) is 6.50. The van der Waals surface area contributed by atoms with Crippen molar-refractivity contribution in [3.8, 4) is 5.75 Å². The maximum atomic E-state index is 10.9. The number of unbranched alkanes of at least 4 members (excludes halogenated alkanes) is 1. The minimum absolute atomic E-state index is 0.0187. The summed E-state index contributed by atoms with van der Waals surface area (Å²) in [6.07, 6.45) is 7.20. The topological polar surface area (TPSA) is 70.2 Å². The molecule has 0 aliphatic carbocycles. The fraction of sp³-hybridized carbons (Fsp3) is 0.357. The van der Waals surface area contributed by atoms with Crippen LogP contribution >= 0.6 is 0 Å². The Balaban J connectivity index is 1.81. The van der Waals surface area contributed by atoms with E-state index in [-0.39, 0.29) is 5.69 Å². The molecule has 0 saturated carbocycles. The quantitative estimate of drug-likeness (QED) is 0.442. The lowest BCUT2D eigenvalue weighted by atomic mass is 10.2. The highest BCUT2D eigenvalue weighted by atomic mass is 16.6. The Morgan fingerprint density at radius 2 is 2.25 bits per heavy atom. The van der Waals surface area contributed by atoms with Crippen molar-refractivity contribution in [2.24, 2.45) is 0 Å². The summed E-state index contributed by atoms with van der Waals surface area (Å²) in [7, 11) is 0. The van der Waals surface area contributed by atoms with Crippen LogP contribution in [0.3, 0.4) is 0 Å². The Labute approximate surface area is 117 Å². The van der Waals surface area contributed by atoms with Gasteiger partial charge in [-0.2, -0.15) is 0 Å². The number of hydrogen-bond acceptors (Lipinski definition) is 4. The van der Waals surface area contributed by atoms with Gasteiger partial charge in [-0.3, -0.25) is 10.1 Å². The molecule has 6 heteroatoms. The lowest BCUT2D eigenvalue weighted by molar-refractivity contribution is -0.385. The molecule has 1 heterocycles. The van der Waals surface area contributed by atoms with Gasteiger partial charge in [-0.15, -0.1) is 0 Å². The minimum atomic E-state index is -0.416. The van der Waals surface area contributed by atoms with E-state index in [1.165, 1.54) is 6.07 Å². The van der Waals surface area contributed by atoms with E-state index in [0.29, 0.717) is 12.4 Å². The zero-order valence-corrected chi connectivity index (χ0v) is 11.4. The van der Waals surface area contributed by atoms with E-state index in [9.17, 15) is 10.1 Å². The van der Waals surface area contributed by atoms with Crippen molar-refractivity contribution in [1.29, 1.82) is 0 Å². The highest BCUT2D eigenvalue weighted by Crippen LogP contribution is 2.27. The van der Waals surface area contributed by atoms with E-state index in [4.69, 9.17) is 4.74 Å². The second kappa shape index (κ2) is 6.70. The number of rotatable bonds is 7. The largest absolute Gasteiger partial charge is 0.487 e. The Hall–Kier alpha value is -2.37. The average molecular weight is 275 g/mol. The summed E-state index contributed by atoms with van der Waals surface area (Å²) in [6.45, 7) is 3.23. The molecule has 0 fully saturated rings. The second-order valence-electron chi connectivity index (χ2n) is 4.58. The molecule has 106 valence electrons. The lowest BCUT2D eigenvalue weighted by Gasteiger charge is -2.07. The fourth-order valence-electron chi connectivity index (χ4n) is 1.89. The molecule has 0 unspecified atom stereocenters. The molecule has 0 radical (unpaired) electrons. The number of aromatic nitrogens is 2. The summed E-state index contributed by atoms with van der Waals surface area (Å²) >= 11 is 0. The van der Waals surface area contributed by atoms with Gasteiger partial charge in [-0.05, 0) is 31.4 Å². The van der Waals surface area contributed by atoms with Crippen molar-refractivity contribution in [3.63, 3.8) is 0 Å². The molecule has 0 aliphatic rings. The normalized spacial score (nSPS) is 10.4. The zero-order valence-electron chi connectivity index (χ0n) is 11.4. The molecule has 0 N–H and O–H groups in total. The van der Waals surface area contributed by atoms with Crippen LogP contribution in [0.1, 0.15) is 18.4 Å². The van der Waals surface area contributed by atoms with E-state index in [1.807, 2.05) is 17.7 Å². The third-order valence-electron chi connectivity index (χ3n) is 2.94. The van der Waals surface area contributed by atoms with Gasteiger partial charge < -0.3 is 9.30 Å². The predicted molar refractivity (Wildman–Crippen MR) is 74.8 cm³/mol. The van der Waals surface area contributed by atoms with Crippen LogP contribution in [-0.4, -0.2) is 21.1 Å². The predicted octanol–water partition coefficient (Wildman–Crippen LogP) is 2.96. The Morgan fingerprint density at radius 3 is 2.95 bits per heavy atom. The number of ether oxygens (including phenoxy) is 1. The molecular weight excluding hydrogens is 258 g/mol. The number of benzene rings is 1. The van der Waals surface area contributed by atoms with E-state index in [1.54, 1.807) is 24.7 Å². The van der Waals surface area contributed by atoms with Crippen molar-refractivity contribution in [3.05, 3.63) is 52.6 Å². The van der Waals surface area contributed by atoms with E-state index >= 15 is 0 Å². The summed E-state index contributed by atoms with van der Waals surface area (Å²) in [5, 5.41) is 10.9. The Morgan fingerprint density at radius 1 is 1.40 bits per heavy atom. The molecule has 2 rings (SSSR count). The van der Waals surface area contributed by atoms with E-state index < -0.39 is 4.92 Å². The Kier molecular flexibility index (Phi) is 4.70. The summed E-state index contributed by atoms with van der Waals surface area (Å²) in [5.74, 6) is 0.345. The van der Waals surface area contributed by atoms with Gasteiger partial charge in [-0.25, -0.2) is 4.98 Å². The highest BCUT2D eigenvalue weighted by Gasteiger charge is 2.14. The lowest BCUT2D eigenvalue weighted by Crippen LogP contribution is -2.03. The van der Waals surface area contributed by atoms with Gasteiger partial charge >= 0.3 is 5.69 Å². The number of aryl methyl sites for hydroxylation is 2. The smallest absolute Gasteiger partial charge is 0.310 e. The number of nitro benzene ring substituents is 1. The third kappa shape index (κ3) is 3.81. The number of nitro groups is 1. The van der Waals surface area contributed by atoms with Gasteiger partial charge in [0, 0.05) is 25.0 Å². The SMILES string of the molecule is Cc1ccc([N+](=O)[O-])c(OCCCCn2ccnc2)c1. The fourth-order valence-corrected chi connectivity index (χ4v) is 1.89. The van der Waals surface area contributed by atoms with Gasteiger partial charge in [-0.1, -0.05) is 6.07 Å². The van der Waals surface area contributed by atoms with Crippen molar-refractivity contribution in [2.45, 2.75) is 26.3 Å². The van der Waals surface area contributed by atoms with Crippen LogP contribution in [0.25, 0.3) is 0 Å². The monoisotopic (exact) mass is 275 g/mol. The minimum Gasteiger partial charge on any atom is -0.487 e. The van der Waals surface area contributed by atoms with Crippen LogP contribution in [0.4, 0.5) is 5.69 Å². The second-order valence-corrected chi connectivity index (χ2v) is 4.58. The maximum absolute atomic E-state index is 10.9. The highest BCUT2D eigenvalue weighted by molar-refractivity contribution is 5.48. The van der Waals surface area contributed by atoms with E-state index in [0.717, 1.165) is 24.9 Å². The molecule has 0 saturated heterocycles. The van der Waals surface area contributed by atoms with Crippen LogP contribution in [0.5, 0.6) is 5.75 Å². The van der Waals surface area contributed by atoms with Crippen molar-refractivity contribution >= 4 is 5.69 Å². The third-order valence-corrected chi connectivity index (χ3v) is 2.94. The Bertz CT molecular complexity index is 567. The van der Waals surface area contributed by atoms with Crippen LogP contribution in [0.15, 0.2) is 36.9 Å². The van der Waals surface area contributed by atoms with Crippen LogP contribution in [-0.2, 0) is 6.54 Å². The molecule has 0 amide bonds.